The molecule has 0 bridgehead atoms. The van der Waals surface area contributed by atoms with E-state index in [4.69, 9.17) is 16.3 Å². The molecule has 0 radical (unpaired) electrons. The molecular formula is C11H13ClNO3-. The van der Waals surface area contributed by atoms with E-state index in [1.807, 2.05) is 0 Å². The molecule has 0 heterocycles. The number of rotatable bonds is 3. The van der Waals surface area contributed by atoms with Crippen LogP contribution in [0.15, 0.2) is 18.2 Å². The molecule has 4 nitrogen and oxygen atoms in total. The Morgan fingerprint density at radius 3 is 2.56 bits per heavy atom. The van der Waals surface area contributed by atoms with Crippen LogP contribution in [0.1, 0.15) is 13.8 Å². The fraction of sp³-hybridized carbons (Fsp3) is 0.364. The second kappa shape index (κ2) is 5.07. The summed E-state index contributed by atoms with van der Waals surface area (Å²) in [5, 5.41) is 11.5. The number of benzene rings is 1. The molecule has 16 heavy (non-hydrogen) atoms. The zero-order valence-corrected chi connectivity index (χ0v) is 10.1. The van der Waals surface area contributed by atoms with E-state index in [0.29, 0.717) is 16.5 Å². The molecule has 0 spiro atoms. The van der Waals surface area contributed by atoms with E-state index in [0.717, 1.165) is 4.90 Å². The fourth-order valence-electron chi connectivity index (χ4n) is 1.44. The van der Waals surface area contributed by atoms with Crippen LogP contribution in [0.4, 0.5) is 10.5 Å². The zero-order chi connectivity index (χ0) is 12.3. The maximum atomic E-state index is 11.0. The highest BCUT2D eigenvalue weighted by atomic mass is 35.5. The normalized spacial score (nSPS) is 10.3. The summed E-state index contributed by atoms with van der Waals surface area (Å²) in [5.41, 5.74) is 0.394. The van der Waals surface area contributed by atoms with Crippen LogP contribution in [0.5, 0.6) is 5.75 Å². The number of ether oxygens (including phenoxy) is 1. The molecule has 0 fully saturated rings. The molecule has 0 N–H and O–H groups in total. The van der Waals surface area contributed by atoms with E-state index in [1.165, 1.54) is 13.2 Å². The number of amides is 1. The average Bonchev–Trinajstić information content (AvgIpc) is 2.17. The van der Waals surface area contributed by atoms with Gasteiger partial charge in [-0.1, -0.05) is 11.6 Å². The van der Waals surface area contributed by atoms with Crippen LogP contribution >= 0.6 is 11.6 Å². The van der Waals surface area contributed by atoms with Crippen molar-refractivity contribution in [2.24, 2.45) is 0 Å². The number of anilines is 1. The Balaban J connectivity index is 3.26. The SMILES string of the molecule is COc1ccc(Cl)cc1N(C(=O)[O-])C(C)C. The van der Waals surface area contributed by atoms with E-state index in [2.05, 4.69) is 0 Å². The summed E-state index contributed by atoms with van der Waals surface area (Å²) in [6, 6.07) is 4.54. The molecule has 0 aliphatic carbocycles. The number of hydrogen-bond donors (Lipinski definition) is 0. The van der Waals surface area contributed by atoms with Gasteiger partial charge in [-0.2, -0.15) is 0 Å². The number of halogens is 1. The van der Waals surface area contributed by atoms with E-state index in [-0.39, 0.29) is 6.04 Å². The van der Waals surface area contributed by atoms with Crippen molar-refractivity contribution < 1.29 is 14.6 Å². The predicted octanol–water partition coefficient (Wildman–Crippen LogP) is 1.91. The molecule has 1 aromatic carbocycles. The Bertz CT molecular complexity index is 393. The molecule has 0 aliphatic heterocycles. The summed E-state index contributed by atoms with van der Waals surface area (Å²) in [7, 11) is 1.47. The van der Waals surface area contributed by atoms with Crippen LogP contribution in [0.25, 0.3) is 0 Å². The topological polar surface area (TPSA) is 52.6 Å². The van der Waals surface area contributed by atoms with Gasteiger partial charge in [0.05, 0.1) is 12.8 Å². The van der Waals surface area contributed by atoms with Crippen LogP contribution in [0.3, 0.4) is 0 Å². The first-order chi connectivity index (χ1) is 7.47. The Morgan fingerprint density at radius 1 is 1.50 bits per heavy atom. The summed E-state index contributed by atoms with van der Waals surface area (Å²) in [6.45, 7) is 3.49. The second-order valence-electron chi connectivity index (χ2n) is 3.55. The van der Waals surface area contributed by atoms with Crippen LogP contribution in [0.2, 0.25) is 5.02 Å². The molecule has 0 saturated heterocycles. The molecule has 1 amide bonds. The summed E-state index contributed by atoms with van der Waals surface area (Å²) >= 11 is 5.83. The highest BCUT2D eigenvalue weighted by molar-refractivity contribution is 6.31. The first-order valence-electron chi connectivity index (χ1n) is 4.81. The number of hydrogen-bond acceptors (Lipinski definition) is 3. The molecular weight excluding hydrogens is 230 g/mol. The van der Waals surface area contributed by atoms with Crippen LogP contribution in [0, 0.1) is 0 Å². The van der Waals surface area contributed by atoms with Crippen molar-refractivity contribution in [2.75, 3.05) is 12.0 Å². The van der Waals surface area contributed by atoms with Crippen molar-refractivity contribution in [2.45, 2.75) is 19.9 Å². The van der Waals surface area contributed by atoms with Crippen molar-refractivity contribution in [1.29, 1.82) is 0 Å². The fourth-order valence-corrected chi connectivity index (χ4v) is 1.61. The van der Waals surface area contributed by atoms with Crippen LogP contribution in [-0.2, 0) is 0 Å². The average molecular weight is 243 g/mol. The van der Waals surface area contributed by atoms with E-state index in [1.54, 1.807) is 26.0 Å². The van der Waals surface area contributed by atoms with Crippen LogP contribution < -0.4 is 14.7 Å². The van der Waals surface area contributed by atoms with E-state index in [9.17, 15) is 9.90 Å². The first-order valence-corrected chi connectivity index (χ1v) is 5.19. The van der Waals surface area contributed by atoms with Gasteiger partial charge in [0.15, 0.2) is 0 Å². The van der Waals surface area contributed by atoms with Gasteiger partial charge in [0.1, 0.15) is 11.8 Å². The predicted molar refractivity (Wildman–Crippen MR) is 61.0 cm³/mol. The number of carbonyl (C=O) groups is 1. The third-order valence-corrected chi connectivity index (χ3v) is 2.35. The molecule has 5 heteroatoms. The summed E-state index contributed by atoms with van der Waals surface area (Å²) in [5.74, 6) is 0.447. The Labute approximate surface area is 99.4 Å². The van der Waals surface area contributed by atoms with Gasteiger partial charge in [-0.25, -0.2) is 0 Å². The van der Waals surface area contributed by atoms with E-state index >= 15 is 0 Å². The molecule has 0 saturated carbocycles. The Morgan fingerprint density at radius 2 is 2.12 bits per heavy atom. The quantitative estimate of drug-likeness (QED) is 0.814. The summed E-state index contributed by atoms with van der Waals surface area (Å²) in [4.78, 5) is 12.1. The van der Waals surface area contributed by atoms with Crippen molar-refractivity contribution in [3.8, 4) is 5.75 Å². The maximum absolute atomic E-state index is 11.0. The zero-order valence-electron chi connectivity index (χ0n) is 9.36. The molecule has 0 aromatic heterocycles. The number of carbonyl (C=O) groups excluding carboxylic acids is 1. The van der Waals surface area contributed by atoms with Gasteiger partial charge in [-0.05, 0) is 32.0 Å². The van der Waals surface area contributed by atoms with Gasteiger partial charge in [-0.15, -0.1) is 0 Å². The molecule has 1 aromatic rings. The van der Waals surface area contributed by atoms with Gasteiger partial charge in [0, 0.05) is 11.1 Å². The van der Waals surface area contributed by atoms with Crippen LogP contribution in [-0.4, -0.2) is 19.2 Å². The molecule has 0 unspecified atom stereocenters. The summed E-state index contributed by atoms with van der Waals surface area (Å²) < 4.78 is 5.09. The minimum absolute atomic E-state index is 0.252. The lowest BCUT2D eigenvalue weighted by atomic mass is 10.2. The lowest BCUT2D eigenvalue weighted by Gasteiger charge is -2.30. The van der Waals surface area contributed by atoms with Gasteiger partial charge in [0.25, 0.3) is 0 Å². The Kier molecular flexibility index (Phi) is 4.01. The number of nitrogens with zero attached hydrogens (tertiary/aromatic N) is 1. The third kappa shape index (κ3) is 2.58. The lowest BCUT2D eigenvalue weighted by Crippen LogP contribution is -2.45. The van der Waals surface area contributed by atoms with Gasteiger partial charge >= 0.3 is 0 Å². The third-order valence-electron chi connectivity index (χ3n) is 2.11. The lowest BCUT2D eigenvalue weighted by molar-refractivity contribution is -0.247. The standard InChI is InChI=1S/C11H14ClNO3/c1-7(2)13(11(14)15)9-6-8(12)4-5-10(9)16-3/h4-7H,1-3H3,(H,14,15)/p-1. The van der Waals surface area contributed by atoms with Gasteiger partial charge in [-0.3, -0.25) is 0 Å². The molecule has 0 aliphatic rings. The molecule has 1 rings (SSSR count). The minimum Gasteiger partial charge on any atom is -0.530 e. The smallest absolute Gasteiger partial charge is 0.142 e. The highest BCUT2D eigenvalue weighted by Gasteiger charge is 2.16. The Hall–Kier alpha value is -1.42. The summed E-state index contributed by atoms with van der Waals surface area (Å²) in [6.07, 6.45) is -1.28. The van der Waals surface area contributed by atoms with Crippen molar-refractivity contribution in [3.05, 3.63) is 23.2 Å². The maximum Gasteiger partial charge on any atom is 0.142 e. The second-order valence-corrected chi connectivity index (χ2v) is 3.98. The first kappa shape index (κ1) is 12.6. The molecule has 0 atom stereocenters. The molecule has 88 valence electrons. The van der Waals surface area contributed by atoms with Gasteiger partial charge < -0.3 is 19.5 Å². The van der Waals surface area contributed by atoms with Gasteiger partial charge in [0.2, 0.25) is 0 Å². The van der Waals surface area contributed by atoms with Crippen molar-refractivity contribution in [1.82, 2.24) is 0 Å². The van der Waals surface area contributed by atoms with Crippen molar-refractivity contribution in [3.63, 3.8) is 0 Å². The number of carboxylic acid groups (broad SMARTS) is 1. The van der Waals surface area contributed by atoms with E-state index < -0.39 is 6.09 Å². The monoisotopic (exact) mass is 242 g/mol. The minimum atomic E-state index is -1.28. The highest BCUT2D eigenvalue weighted by Crippen LogP contribution is 2.32. The van der Waals surface area contributed by atoms with Crippen molar-refractivity contribution >= 4 is 23.4 Å². The largest absolute Gasteiger partial charge is 0.530 e. The number of methoxy groups -OCH3 is 1.